The van der Waals surface area contributed by atoms with Crippen LogP contribution in [0.25, 0.3) is 0 Å². The van der Waals surface area contributed by atoms with Crippen LogP contribution in [-0.2, 0) is 11.8 Å². The molecule has 0 spiro atoms. The average molecular weight is 222 g/mol. The lowest BCUT2D eigenvalue weighted by atomic mass is 9.99. The van der Waals surface area contributed by atoms with E-state index in [0.717, 1.165) is 12.3 Å². The molecule has 0 radical (unpaired) electrons. The van der Waals surface area contributed by atoms with Gasteiger partial charge in [0.1, 0.15) is 6.33 Å². The molecule has 1 aliphatic carbocycles. The standard InChI is InChI=1S/C11H16N2O.C2H6/c1-4-8-9(11(2)5-6-11)12-7-13-10(8)14-3;1-2/h7H,4-6H2,1-3H3;1-2H3. The van der Waals surface area contributed by atoms with E-state index in [-0.39, 0.29) is 0 Å². The summed E-state index contributed by atoms with van der Waals surface area (Å²) in [7, 11) is 1.67. The molecule has 1 aromatic rings. The van der Waals surface area contributed by atoms with Crippen molar-refractivity contribution < 1.29 is 4.74 Å². The Labute approximate surface area is 98.3 Å². The maximum absolute atomic E-state index is 5.25. The van der Waals surface area contributed by atoms with E-state index < -0.39 is 0 Å². The second-order valence-electron chi connectivity index (χ2n) is 4.12. The summed E-state index contributed by atoms with van der Waals surface area (Å²) in [6, 6.07) is 0. The van der Waals surface area contributed by atoms with Gasteiger partial charge in [-0.1, -0.05) is 27.7 Å². The molecule has 0 N–H and O–H groups in total. The van der Waals surface area contributed by atoms with Gasteiger partial charge in [-0.3, -0.25) is 0 Å². The van der Waals surface area contributed by atoms with Gasteiger partial charge in [0.2, 0.25) is 5.88 Å². The number of ether oxygens (including phenoxy) is 1. The quantitative estimate of drug-likeness (QED) is 0.788. The van der Waals surface area contributed by atoms with Crippen molar-refractivity contribution in [1.82, 2.24) is 9.97 Å². The van der Waals surface area contributed by atoms with Gasteiger partial charge in [0, 0.05) is 11.0 Å². The largest absolute Gasteiger partial charge is 0.481 e. The minimum Gasteiger partial charge on any atom is -0.481 e. The molecule has 3 heteroatoms. The van der Waals surface area contributed by atoms with Crippen LogP contribution in [0.5, 0.6) is 5.88 Å². The predicted octanol–water partition coefficient (Wildman–Crippen LogP) is 3.13. The molecule has 3 nitrogen and oxygen atoms in total. The molecule has 16 heavy (non-hydrogen) atoms. The van der Waals surface area contributed by atoms with Crippen LogP contribution in [0, 0.1) is 0 Å². The van der Waals surface area contributed by atoms with Crippen molar-refractivity contribution in [3.8, 4) is 5.88 Å². The molecule has 0 bridgehead atoms. The zero-order chi connectivity index (χ0) is 12.2. The number of aromatic nitrogens is 2. The maximum atomic E-state index is 5.25. The van der Waals surface area contributed by atoms with E-state index in [9.17, 15) is 0 Å². The first-order valence-electron chi connectivity index (χ1n) is 6.09. The van der Waals surface area contributed by atoms with Crippen LogP contribution in [0.2, 0.25) is 0 Å². The fraction of sp³-hybridized carbons (Fsp3) is 0.692. The van der Waals surface area contributed by atoms with Gasteiger partial charge in [-0.25, -0.2) is 9.97 Å². The second-order valence-corrected chi connectivity index (χ2v) is 4.12. The van der Waals surface area contributed by atoms with Crippen molar-refractivity contribution in [3.05, 3.63) is 17.6 Å². The van der Waals surface area contributed by atoms with Crippen LogP contribution >= 0.6 is 0 Å². The summed E-state index contributed by atoms with van der Waals surface area (Å²) in [6.07, 6.45) is 5.02. The average Bonchev–Trinajstić information content (AvgIpc) is 3.10. The van der Waals surface area contributed by atoms with Crippen LogP contribution in [0.1, 0.15) is 51.8 Å². The first-order chi connectivity index (χ1) is 7.71. The van der Waals surface area contributed by atoms with Gasteiger partial charge in [-0.05, 0) is 19.3 Å². The van der Waals surface area contributed by atoms with Crippen LogP contribution in [0.3, 0.4) is 0 Å². The van der Waals surface area contributed by atoms with Crippen molar-refractivity contribution in [3.63, 3.8) is 0 Å². The molecule has 1 fully saturated rings. The number of methoxy groups -OCH3 is 1. The van der Waals surface area contributed by atoms with Crippen molar-refractivity contribution in [2.75, 3.05) is 7.11 Å². The Morgan fingerprint density at radius 2 is 1.94 bits per heavy atom. The monoisotopic (exact) mass is 222 g/mol. The topological polar surface area (TPSA) is 35.0 Å². The lowest BCUT2D eigenvalue weighted by Gasteiger charge is -2.14. The maximum Gasteiger partial charge on any atom is 0.219 e. The lowest BCUT2D eigenvalue weighted by molar-refractivity contribution is 0.389. The smallest absolute Gasteiger partial charge is 0.219 e. The predicted molar refractivity (Wildman–Crippen MR) is 65.9 cm³/mol. The van der Waals surface area contributed by atoms with E-state index in [4.69, 9.17) is 4.74 Å². The Balaban J connectivity index is 0.000000606. The zero-order valence-corrected chi connectivity index (χ0v) is 11.0. The molecule has 1 heterocycles. The minimum absolute atomic E-state index is 0.293. The van der Waals surface area contributed by atoms with Crippen molar-refractivity contribution in [2.45, 2.75) is 52.4 Å². The molecule has 1 saturated carbocycles. The van der Waals surface area contributed by atoms with Crippen molar-refractivity contribution in [1.29, 1.82) is 0 Å². The number of hydrogen-bond donors (Lipinski definition) is 0. The van der Waals surface area contributed by atoms with Gasteiger partial charge in [0.05, 0.1) is 12.8 Å². The Morgan fingerprint density at radius 3 is 2.38 bits per heavy atom. The highest BCUT2D eigenvalue weighted by Crippen LogP contribution is 2.48. The number of rotatable bonds is 3. The first kappa shape index (κ1) is 12.9. The summed E-state index contributed by atoms with van der Waals surface area (Å²) in [5.41, 5.74) is 2.66. The van der Waals surface area contributed by atoms with Gasteiger partial charge in [-0.2, -0.15) is 0 Å². The molecule has 0 saturated heterocycles. The number of nitrogens with zero attached hydrogens (tertiary/aromatic N) is 2. The molecule has 0 unspecified atom stereocenters. The molecular weight excluding hydrogens is 200 g/mol. The molecule has 0 amide bonds. The SMILES string of the molecule is CC.CCc1c(OC)ncnc1C1(C)CC1. The van der Waals surface area contributed by atoms with Crippen LogP contribution in [-0.4, -0.2) is 17.1 Å². The molecule has 1 aliphatic rings. The fourth-order valence-corrected chi connectivity index (χ4v) is 1.84. The Hall–Kier alpha value is -1.12. The summed E-state index contributed by atoms with van der Waals surface area (Å²) in [5, 5.41) is 0. The summed E-state index contributed by atoms with van der Waals surface area (Å²) >= 11 is 0. The molecule has 0 atom stereocenters. The second kappa shape index (κ2) is 5.28. The number of hydrogen-bond acceptors (Lipinski definition) is 3. The van der Waals surface area contributed by atoms with E-state index in [1.807, 2.05) is 13.8 Å². The summed E-state index contributed by atoms with van der Waals surface area (Å²) in [5.74, 6) is 0.741. The third kappa shape index (κ3) is 2.34. The van der Waals surface area contributed by atoms with Crippen molar-refractivity contribution >= 4 is 0 Å². The van der Waals surface area contributed by atoms with Crippen LogP contribution in [0.15, 0.2) is 6.33 Å². The summed E-state index contributed by atoms with van der Waals surface area (Å²) in [6.45, 7) is 8.38. The molecule has 0 aromatic carbocycles. The van der Waals surface area contributed by atoms with E-state index in [1.165, 1.54) is 24.1 Å². The molecular formula is C13H22N2O. The highest BCUT2D eigenvalue weighted by molar-refractivity contribution is 5.37. The highest BCUT2D eigenvalue weighted by atomic mass is 16.5. The first-order valence-corrected chi connectivity index (χ1v) is 6.09. The van der Waals surface area contributed by atoms with Crippen LogP contribution < -0.4 is 4.74 Å². The minimum atomic E-state index is 0.293. The normalized spacial score (nSPS) is 16.1. The third-order valence-corrected chi connectivity index (χ3v) is 3.02. The van der Waals surface area contributed by atoms with E-state index in [2.05, 4.69) is 23.8 Å². The molecule has 90 valence electrons. The summed E-state index contributed by atoms with van der Waals surface area (Å²) in [4.78, 5) is 8.54. The van der Waals surface area contributed by atoms with Crippen LogP contribution in [0.4, 0.5) is 0 Å². The molecule has 1 aromatic heterocycles. The third-order valence-electron chi connectivity index (χ3n) is 3.02. The van der Waals surface area contributed by atoms with Crippen molar-refractivity contribution in [2.24, 2.45) is 0 Å². The van der Waals surface area contributed by atoms with E-state index in [1.54, 1.807) is 13.4 Å². The van der Waals surface area contributed by atoms with Gasteiger partial charge in [0.25, 0.3) is 0 Å². The Bertz CT molecular complexity index is 346. The van der Waals surface area contributed by atoms with Gasteiger partial charge >= 0.3 is 0 Å². The highest BCUT2D eigenvalue weighted by Gasteiger charge is 2.42. The van der Waals surface area contributed by atoms with Gasteiger partial charge in [-0.15, -0.1) is 0 Å². The van der Waals surface area contributed by atoms with E-state index >= 15 is 0 Å². The van der Waals surface area contributed by atoms with Gasteiger partial charge < -0.3 is 4.74 Å². The molecule has 2 rings (SSSR count). The Kier molecular flexibility index (Phi) is 4.27. The van der Waals surface area contributed by atoms with E-state index in [0.29, 0.717) is 5.41 Å². The molecule has 0 aliphatic heterocycles. The lowest BCUT2D eigenvalue weighted by Crippen LogP contribution is -2.10. The Morgan fingerprint density at radius 1 is 1.31 bits per heavy atom. The zero-order valence-electron chi connectivity index (χ0n) is 11.0. The summed E-state index contributed by atoms with van der Waals surface area (Å²) < 4.78 is 5.25. The fourth-order valence-electron chi connectivity index (χ4n) is 1.84. The van der Waals surface area contributed by atoms with Gasteiger partial charge in [0.15, 0.2) is 0 Å².